The van der Waals surface area contributed by atoms with Crippen molar-refractivity contribution in [3.63, 3.8) is 0 Å². The molecule has 2 aromatic rings. The summed E-state index contributed by atoms with van der Waals surface area (Å²) >= 11 is 1.60. The Morgan fingerprint density at radius 1 is 1.35 bits per heavy atom. The summed E-state index contributed by atoms with van der Waals surface area (Å²) in [5, 5.41) is 7.21. The molecule has 90 valence electrons. The molecule has 1 N–H and O–H groups in total. The number of hydrogen-bond donors (Lipinski definition) is 1. The highest BCUT2D eigenvalue weighted by Crippen LogP contribution is 2.30. The van der Waals surface area contributed by atoms with E-state index >= 15 is 0 Å². The van der Waals surface area contributed by atoms with E-state index in [1.165, 1.54) is 6.07 Å². The Bertz CT molecular complexity index is 484. The fraction of sp³-hybridized carbons (Fsp3) is 0.231. The van der Waals surface area contributed by atoms with Gasteiger partial charge in [-0.2, -0.15) is 11.3 Å². The van der Waals surface area contributed by atoms with Gasteiger partial charge in [0.05, 0.1) is 18.7 Å². The van der Waals surface area contributed by atoms with E-state index in [9.17, 15) is 4.39 Å². The molecule has 1 aromatic carbocycles. The highest BCUT2D eigenvalue weighted by Gasteiger charge is 2.16. The first-order valence-electron chi connectivity index (χ1n) is 5.33. The molecular formula is C13H14FNOS. The molecular weight excluding hydrogens is 237 g/mol. The summed E-state index contributed by atoms with van der Waals surface area (Å²) in [4.78, 5) is 0. The van der Waals surface area contributed by atoms with E-state index in [0.717, 1.165) is 5.69 Å². The fourth-order valence-electron chi connectivity index (χ4n) is 1.78. The van der Waals surface area contributed by atoms with Gasteiger partial charge in [-0.25, -0.2) is 4.39 Å². The zero-order chi connectivity index (χ0) is 12.3. The first-order valence-corrected chi connectivity index (χ1v) is 6.27. The van der Waals surface area contributed by atoms with E-state index in [2.05, 4.69) is 5.32 Å². The monoisotopic (exact) mass is 251 g/mol. The molecule has 0 aliphatic heterocycles. The molecule has 0 saturated carbocycles. The molecule has 1 unspecified atom stereocenters. The average Bonchev–Trinajstić information content (AvgIpc) is 2.81. The van der Waals surface area contributed by atoms with Crippen LogP contribution >= 0.6 is 11.3 Å². The van der Waals surface area contributed by atoms with Crippen LogP contribution in [-0.2, 0) is 0 Å². The zero-order valence-electron chi connectivity index (χ0n) is 9.74. The van der Waals surface area contributed by atoms with Gasteiger partial charge in [0.2, 0.25) is 0 Å². The minimum Gasteiger partial charge on any atom is -0.496 e. The van der Waals surface area contributed by atoms with Gasteiger partial charge in [0.25, 0.3) is 0 Å². The van der Waals surface area contributed by atoms with Gasteiger partial charge in [0.1, 0.15) is 11.6 Å². The standard InChI is InChI=1S/C13H14FNOS/c1-9(15-10-6-7-17-8-10)13-11(14)4-3-5-12(13)16-2/h3-9,15H,1-2H3. The van der Waals surface area contributed by atoms with E-state index in [0.29, 0.717) is 11.3 Å². The lowest BCUT2D eigenvalue weighted by molar-refractivity contribution is 0.402. The third-order valence-corrected chi connectivity index (χ3v) is 3.25. The zero-order valence-corrected chi connectivity index (χ0v) is 10.6. The summed E-state index contributed by atoms with van der Waals surface area (Å²) < 4.78 is 19.0. The highest BCUT2D eigenvalue weighted by atomic mass is 32.1. The fourth-order valence-corrected chi connectivity index (χ4v) is 2.38. The van der Waals surface area contributed by atoms with Crippen molar-refractivity contribution in [3.8, 4) is 5.75 Å². The topological polar surface area (TPSA) is 21.3 Å². The summed E-state index contributed by atoms with van der Waals surface area (Å²) in [6.07, 6.45) is 0. The van der Waals surface area contributed by atoms with Crippen LogP contribution in [0.3, 0.4) is 0 Å². The van der Waals surface area contributed by atoms with Crippen LogP contribution in [0, 0.1) is 5.82 Å². The molecule has 1 atom stereocenters. The predicted octanol–water partition coefficient (Wildman–Crippen LogP) is 4.07. The number of thiophene rings is 1. The number of hydrogen-bond acceptors (Lipinski definition) is 3. The maximum Gasteiger partial charge on any atom is 0.132 e. The van der Waals surface area contributed by atoms with Gasteiger partial charge in [0, 0.05) is 11.1 Å². The van der Waals surface area contributed by atoms with Crippen LogP contribution in [0.1, 0.15) is 18.5 Å². The molecule has 0 fully saturated rings. The van der Waals surface area contributed by atoms with Crippen molar-refractivity contribution in [2.45, 2.75) is 13.0 Å². The maximum atomic E-state index is 13.8. The van der Waals surface area contributed by atoms with Crippen LogP contribution in [0.25, 0.3) is 0 Å². The molecule has 1 aromatic heterocycles. The predicted molar refractivity (Wildman–Crippen MR) is 69.3 cm³/mol. The Hall–Kier alpha value is -1.55. The normalized spacial score (nSPS) is 12.2. The number of benzene rings is 1. The molecule has 1 heterocycles. The van der Waals surface area contributed by atoms with Crippen molar-refractivity contribution in [2.24, 2.45) is 0 Å². The lowest BCUT2D eigenvalue weighted by atomic mass is 10.1. The first kappa shape index (κ1) is 11.9. The quantitative estimate of drug-likeness (QED) is 0.884. The Morgan fingerprint density at radius 2 is 2.18 bits per heavy atom. The summed E-state index contributed by atoms with van der Waals surface area (Å²) in [5.74, 6) is 0.319. The van der Waals surface area contributed by atoms with E-state index in [-0.39, 0.29) is 11.9 Å². The van der Waals surface area contributed by atoms with Crippen molar-refractivity contribution < 1.29 is 9.13 Å². The van der Waals surface area contributed by atoms with Gasteiger partial charge in [-0.15, -0.1) is 0 Å². The molecule has 0 spiro atoms. The summed E-state index contributed by atoms with van der Waals surface area (Å²) in [6.45, 7) is 1.92. The number of nitrogens with one attached hydrogen (secondary N) is 1. The van der Waals surface area contributed by atoms with Crippen molar-refractivity contribution in [1.29, 1.82) is 0 Å². The van der Waals surface area contributed by atoms with Gasteiger partial charge in [-0.3, -0.25) is 0 Å². The van der Waals surface area contributed by atoms with Gasteiger partial charge >= 0.3 is 0 Å². The first-order chi connectivity index (χ1) is 8.22. The van der Waals surface area contributed by atoms with E-state index in [4.69, 9.17) is 4.74 Å². The average molecular weight is 251 g/mol. The second-order valence-corrected chi connectivity index (χ2v) is 4.51. The molecule has 0 saturated heterocycles. The molecule has 0 radical (unpaired) electrons. The minimum absolute atomic E-state index is 0.138. The van der Waals surface area contributed by atoms with Gasteiger partial charge in [0.15, 0.2) is 0 Å². The smallest absolute Gasteiger partial charge is 0.132 e. The van der Waals surface area contributed by atoms with E-state index in [1.807, 2.05) is 23.8 Å². The minimum atomic E-state index is -0.250. The number of anilines is 1. The third-order valence-electron chi connectivity index (χ3n) is 2.57. The van der Waals surface area contributed by atoms with Crippen molar-refractivity contribution in [2.75, 3.05) is 12.4 Å². The molecule has 0 bridgehead atoms. The molecule has 2 nitrogen and oxygen atoms in total. The lowest BCUT2D eigenvalue weighted by Crippen LogP contribution is -2.09. The number of rotatable bonds is 4. The van der Waals surface area contributed by atoms with Crippen LogP contribution < -0.4 is 10.1 Å². The molecule has 0 amide bonds. The Labute approximate surface area is 104 Å². The second-order valence-electron chi connectivity index (χ2n) is 3.73. The number of halogens is 1. The Balaban J connectivity index is 2.26. The Kier molecular flexibility index (Phi) is 3.64. The van der Waals surface area contributed by atoms with Crippen molar-refractivity contribution >= 4 is 17.0 Å². The Morgan fingerprint density at radius 3 is 2.82 bits per heavy atom. The molecule has 2 rings (SSSR count). The molecule has 4 heteroatoms. The van der Waals surface area contributed by atoms with Crippen LogP contribution in [0.4, 0.5) is 10.1 Å². The number of methoxy groups -OCH3 is 1. The van der Waals surface area contributed by atoms with Crippen LogP contribution in [-0.4, -0.2) is 7.11 Å². The summed E-state index contributed by atoms with van der Waals surface area (Å²) in [5.41, 5.74) is 1.55. The number of ether oxygens (including phenoxy) is 1. The van der Waals surface area contributed by atoms with Gasteiger partial charge < -0.3 is 10.1 Å². The lowest BCUT2D eigenvalue weighted by Gasteiger charge is -2.18. The van der Waals surface area contributed by atoms with Crippen molar-refractivity contribution in [3.05, 3.63) is 46.4 Å². The third kappa shape index (κ3) is 2.58. The summed E-state index contributed by atoms with van der Waals surface area (Å²) in [7, 11) is 1.55. The van der Waals surface area contributed by atoms with E-state index in [1.54, 1.807) is 30.6 Å². The second kappa shape index (κ2) is 5.19. The molecule has 17 heavy (non-hydrogen) atoms. The SMILES string of the molecule is COc1cccc(F)c1C(C)Nc1ccsc1. The molecule has 0 aliphatic carbocycles. The highest BCUT2D eigenvalue weighted by molar-refractivity contribution is 7.08. The van der Waals surface area contributed by atoms with Gasteiger partial charge in [-0.05, 0) is 30.5 Å². The van der Waals surface area contributed by atoms with Crippen molar-refractivity contribution in [1.82, 2.24) is 0 Å². The van der Waals surface area contributed by atoms with E-state index < -0.39 is 0 Å². The largest absolute Gasteiger partial charge is 0.496 e. The van der Waals surface area contributed by atoms with Crippen LogP contribution in [0.2, 0.25) is 0 Å². The van der Waals surface area contributed by atoms with Gasteiger partial charge in [-0.1, -0.05) is 6.07 Å². The van der Waals surface area contributed by atoms with Crippen LogP contribution in [0.5, 0.6) is 5.75 Å². The maximum absolute atomic E-state index is 13.8. The van der Waals surface area contributed by atoms with Crippen LogP contribution in [0.15, 0.2) is 35.0 Å². The summed E-state index contributed by atoms with van der Waals surface area (Å²) in [6, 6.07) is 6.69. The molecule has 0 aliphatic rings.